The zero-order valence-corrected chi connectivity index (χ0v) is 13.7. The average Bonchev–Trinajstić information content (AvgIpc) is 2.84. The van der Waals surface area contributed by atoms with Gasteiger partial charge in [0.05, 0.1) is 5.39 Å². The Labute approximate surface area is 132 Å². The highest BCUT2D eigenvalue weighted by Crippen LogP contribution is 2.35. The number of unbranched alkanes of at least 4 members (excludes halogenated alkanes) is 5. The van der Waals surface area contributed by atoms with Crippen LogP contribution in [0.5, 0.6) is 0 Å². The van der Waals surface area contributed by atoms with Crippen LogP contribution in [0.4, 0.5) is 0 Å². The molecule has 0 aliphatic heterocycles. The molecule has 2 aromatic heterocycles. The summed E-state index contributed by atoms with van der Waals surface area (Å²) >= 11 is 0. The number of H-pyrrole nitrogens is 2. The topological polar surface area (TPSA) is 128 Å². The van der Waals surface area contributed by atoms with Crippen molar-refractivity contribution in [3.05, 3.63) is 33.1 Å². The van der Waals surface area contributed by atoms with Crippen LogP contribution < -0.4 is 11.2 Å². The fraction of sp³-hybridized carbons (Fsp3) is 0.571. The monoisotopic (exact) mass is 343 g/mol. The van der Waals surface area contributed by atoms with E-state index in [-0.39, 0.29) is 11.7 Å². The highest BCUT2D eigenvalue weighted by molar-refractivity contribution is 7.51. The Balaban J connectivity index is 1.72. The molecule has 0 saturated heterocycles. The quantitative estimate of drug-likeness (QED) is 0.405. The third-order valence-corrected chi connectivity index (χ3v) is 4.66. The van der Waals surface area contributed by atoms with Crippen molar-refractivity contribution < 1.29 is 14.4 Å². The van der Waals surface area contributed by atoms with Crippen LogP contribution in [-0.4, -0.2) is 30.5 Å². The molecule has 0 atom stereocenters. The molecule has 128 valence electrons. The molecule has 0 spiro atoms. The molecule has 2 aromatic rings. The lowest BCUT2D eigenvalue weighted by molar-refractivity contribution is 0.370. The molecule has 0 amide bonds. The average molecular weight is 343 g/mol. The molecule has 0 aromatic carbocycles. The second kappa shape index (κ2) is 7.77. The molecule has 0 unspecified atom stereocenters. The summed E-state index contributed by atoms with van der Waals surface area (Å²) in [6.45, 7) is 0.714. The van der Waals surface area contributed by atoms with Crippen molar-refractivity contribution in [3.63, 3.8) is 0 Å². The van der Waals surface area contributed by atoms with Gasteiger partial charge in [-0.2, -0.15) is 0 Å². The Morgan fingerprint density at radius 2 is 1.65 bits per heavy atom. The molecule has 4 N–H and O–H groups in total. The van der Waals surface area contributed by atoms with Crippen LogP contribution in [-0.2, 0) is 11.1 Å². The Kier molecular flexibility index (Phi) is 5.98. The lowest BCUT2D eigenvalue weighted by atomic mass is 10.1. The second-order valence-electron chi connectivity index (χ2n) is 5.69. The third kappa shape index (κ3) is 5.49. The summed E-state index contributed by atoms with van der Waals surface area (Å²) in [5.74, 6) is 0. The van der Waals surface area contributed by atoms with Gasteiger partial charge in [0.2, 0.25) is 0 Å². The summed E-state index contributed by atoms with van der Waals surface area (Å²) in [4.78, 5) is 45.3. The number of hydrogen-bond acceptors (Lipinski definition) is 3. The molecule has 9 heteroatoms. The van der Waals surface area contributed by atoms with Gasteiger partial charge in [0.15, 0.2) is 0 Å². The summed E-state index contributed by atoms with van der Waals surface area (Å²) in [6.07, 6.45) is 6.97. The lowest BCUT2D eigenvalue weighted by Gasteiger charge is -2.06. The Hall–Kier alpha value is -1.63. The zero-order chi connectivity index (χ0) is 16.9. The van der Waals surface area contributed by atoms with Gasteiger partial charge in [0.25, 0.3) is 5.56 Å². The number of aromatic amines is 2. The third-order valence-electron chi connectivity index (χ3n) is 3.77. The highest BCUT2D eigenvalue weighted by atomic mass is 31.2. The van der Waals surface area contributed by atoms with Gasteiger partial charge in [-0.15, -0.1) is 0 Å². The zero-order valence-electron chi connectivity index (χ0n) is 12.8. The molecule has 23 heavy (non-hydrogen) atoms. The molecule has 0 aliphatic carbocycles. The maximum absolute atomic E-state index is 11.6. The van der Waals surface area contributed by atoms with Crippen LogP contribution in [0.1, 0.15) is 38.5 Å². The summed E-state index contributed by atoms with van der Waals surface area (Å²) < 4.78 is 12.6. The normalized spacial score (nSPS) is 12.1. The molecule has 0 radical (unpaired) electrons. The maximum Gasteiger partial charge on any atom is 0.327 e. The van der Waals surface area contributed by atoms with Crippen LogP contribution in [0.3, 0.4) is 0 Å². The van der Waals surface area contributed by atoms with Crippen molar-refractivity contribution in [2.45, 2.75) is 45.1 Å². The first-order valence-corrected chi connectivity index (χ1v) is 9.52. The number of rotatable bonds is 9. The van der Waals surface area contributed by atoms with Crippen molar-refractivity contribution in [2.24, 2.45) is 0 Å². The first-order valence-electron chi connectivity index (χ1n) is 7.73. The highest BCUT2D eigenvalue weighted by Gasteiger charge is 2.11. The SMILES string of the molecule is O=c1[nH]c(=O)c2ccn(CCCCCCCCP(=O)(O)O)c2[nH]1. The van der Waals surface area contributed by atoms with E-state index in [9.17, 15) is 14.2 Å². The van der Waals surface area contributed by atoms with Gasteiger partial charge in [0.1, 0.15) is 5.65 Å². The van der Waals surface area contributed by atoms with Gasteiger partial charge in [-0.3, -0.25) is 19.3 Å². The number of aromatic nitrogens is 3. The molecule has 0 bridgehead atoms. The number of aryl methyl sites for hydroxylation is 1. The van der Waals surface area contributed by atoms with E-state index in [4.69, 9.17) is 9.79 Å². The van der Waals surface area contributed by atoms with Crippen LogP contribution >= 0.6 is 7.60 Å². The Bertz CT molecular complexity index is 801. The van der Waals surface area contributed by atoms with Crippen molar-refractivity contribution >= 4 is 18.6 Å². The predicted molar refractivity (Wildman–Crippen MR) is 87.8 cm³/mol. The Morgan fingerprint density at radius 1 is 1.00 bits per heavy atom. The number of nitrogens with one attached hydrogen (secondary N) is 2. The smallest absolute Gasteiger partial charge is 0.327 e. The van der Waals surface area contributed by atoms with E-state index in [1.54, 1.807) is 12.3 Å². The van der Waals surface area contributed by atoms with Gasteiger partial charge in [-0.05, 0) is 18.9 Å². The maximum atomic E-state index is 11.6. The Morgan fingerprint density at radius 3 is 2.35 bits per heavy atom. The molecular formula is C14H22N3O5P. The largest absolute Gasteiger partial charge is 0.334 e. The van der Waals surface area contributed by atoms with E-state index in [0.29, 0.717) is 24.0 Å². The molecular weight excluding hydrogens is 321 g/mol. The number of fused-ring (bicyclic) bond motifs is 1. The summed E-state index contributed by atoms with van der Waals surface area (Å²) in [7, 11) is -3.85. The minimum atomic E-state index is -3.85. The summed E-state index contributed by atoms with van der Waals surface area (Å²) in [5, 5.41) is 0.474. The summed E-state index contributed by atoms with van der Waals surface area (Å²) in [5.41, 5.74) is -0.347. The van der Waals surface area contributed by atoms with Gasteiger partial charge < -0.3 is 14.4 Å². The lowest BCUT2D eigenvalue weighted by Crippen LogP contribution is -2.22. The first-order chi connectivity index (χ1) is 10.9. The van der Waals surface area contributed by atoms with E-state index in [0.717, 1.165) is 32.1 Å². The minimum absolute atomic E-state index is 0.0374. The van der Waals surface area contributed by atoms with Crippen LogP contribution in [0, 0.1) is 0 Å². The van der Waals surface area contributed by atoms with Gasteiger partial charge >= 0.3 is 13.3 Å². The van der Waals surface area contributed by atoms with Crippen LogP contribution in [0.25, 0.3) is 11.0 Å². The molecule has 0 aliphatic rings. The van der Waals surface area contributed by atoms with E-state index in [1.807, 2.05) is 4.57 Å². The molecule has 0 saturated carbocycles. The van der Waals surface area contributed by atoms with Crippen LogP contribution in [0.2, 0.25) is 0 Å². The van der Waals surface area contributed by atoms with E-state index < -0.39 is 13.3 Å². The molecule has 2 heterocycles. The molecule has 0 fully saturated rings. The number of hydrogen-bond donors (Lipinski definition) is 4. The van der Waals surface area contributed by atoms with E-state index in [2.05, 4.69) is 9.97 Å². The van der Waals surface area contributed by atoms with E-state index >= 15 is 0 Å². The van der Waals surface area contributed by atoms with Crippen molar-refractivity contribution in [3.8, 4) is 0 Å². The summed E-state index contributed by atoms with van der Waals surface area (Å²) in [6, 6.07) is 1.69. The van der Waals surface area contributed by atoms with Gasteiger partial charge in [-0.25, -0.2) is 4.79 Å². The van der Waals surface area contributed by atoms with E-state index in [1.165, 1.54) is 0 Å². The predicted octanol–water partition coefficient (Wildman–Crippen LogP) is 1.54. The first kappa shape index (κ1) is 17.7. The van der Waals surface area contributed by atoms with Crippen molar-refractivity contribution in [2.75, 3.05) is 6.16 Å². The fourth-order valence-electron chi connectivity index (χ4n) is 2.60. The second-order valence-corrected chi connectivity index (χ2v) is 7.47. The fourth-order valence-corrected chi connectivity index (χ4v) is 3.23. The molecule has 8 nitrogen and oxygen atoms in total. The molecule has 2 rings (SSSR count). The van der Waals surface area contributed by atoms with Gasteiger partial charge in [0, 0.05) is 18.9 Å². The van der Waals surface area contributed by atoms with Crippen molar-refractivity contribution in [1.82, 2.24) is 14.5 Å². The van der Waals surface area contributed by atoms with Gasteiger partial charge in [-0.1, -0.05) is 25.7 Å². The van der Waals surface area contributed by atoms with Crippen molar-refractivity contribution in [1.29, 1.82) is 0 Å². The van der Waals surface area contributed by atoms with Crippen LogP contribution in [0.15, 0.2) is 21.9 Å². The standard InChI is InChI=1S/C14H22N3O5P/c18-13-11-7-9-17(12(11)15-14(19)16-13)8-5-3-1-2-4-6-10-23(20,21)22/h7,9H,1-6,8,10H2,(H2,20,21,22)(H2,15,16,18,19). The number of nitrogens with zero attached hydrogens (tertiary/aromatic N) is 1. The minimum Gasteiger partial charge on any atom is -0.334 e.